The van der Waals surface area contributed by atoms with E-state index in [0.29, 0.717) is 11.3 Å². The number of carbonyl (C=O) groups is 1. The van der Waals surface area contributed by atoms with Crippen LogP contribution in [0.25, 0.3) is 11.0 Å². The minimum absolute atomic E-state index is 0.107. The van der Waals surface area contributed by atoms with Crippen molar-refractivity contribution in [3.8, 4) is 0 Å². The molecule has 1 aromatic carbocycles. The molecule has 3 heterocycles. The summed E-state index contributed by atoms with van der Waals surface area (Å²) in [5.41, 5.74) is 1.50. The van der Waals surface area contributed by atoms with Crippen molar-refractivity contribution < 1.29 is 9.18 Å². The highest BCUT2D eigenvalue weighted by molar-refractivity contribution is 6.39. The molecule has 6 nitrogen and oxygen atoms in total. The Morgan fingerprint density at radius 2 is 1.77 bits per heavy atom. The van der Waals surface area contributed by atoms with Gasteiger partial charge in [0.2, 0.25) is 5.43 Å². The van der Waals surface area contributed by atoms with Crippen LogP contribution < -0.4 is 10.7 Å². The lowest BCUT2D eigenvalue weighted by atomic mass is 10.1. The third-order valence-electron chi connectivity index (χ3n) is 4.66. The molecule has 156 valence electrons. The zero-order valence-corrected chi connectivity index (χ0v) is 17.7. The van der Waals surface area contributed by atoms with Crippen molar-refractivity contribution in [2.24, 2.45) is 0 Å². The Kier molecular flexibility index (Phi) is 5.71. The van der Waals surface area contributed by atoms with Crippen molar-refractivity contribution in [3.63, 3.8) is 0 Å². The van der Waals surface area contributed by atoms with E-state index in [2.05, 4.69) is 15.3 Å². The first-order valence-electron chi connectivity index (χ1n) is 9.19. The number of halogens is 3. The van der Waals surface area contributed by atoms with Crippen molar-refractivity contribution in [1.29, 1.82) is 0 Å². The van der Waals surface area contributed by atoms with Crippen LogP contribution in [0, 0.1) is 12.7 Å². The highest BCUT2D eigenvalue weighted by Crippen LogP contribution is 2.29. The maximum atomic E-state index is 13.3. The van der Waals surface area contributed by atoms with Gasteiger partial charge >= 0.3 is 0 Å². The monoisotopic (exact) mass is 456 g/mol. The number of pyridine rings is 3. The van der Waals surface area contributed by atoms with Gasteiger partial charge in [-0.1, -0.05) is 35.3 Å². The number of aromatic nitrogens is 3. The Balaban J connectivity index is 1.83. The summed E-state index contributed by atoms with van der Waals surface area (Å²) >= 11 is 12.2. The summed E-state index contributed by atoms with van der Waals surface area (Å²) in [6, 6.07) is 9.28. The third-order valence-corrected chi connectivity index (χ3v) is 5.24. The molecular weight excluding hydrogens is 442 g/mol. The standard InChI is InChI=1S/C22H15Cl2FN4O2/c1-12-2-7-15-20(30)16(22(31)28-19-17(23)8-26-9-18(19)24)11-29(21(15)27-12)10-13-3-5-14(25)6-4-13/h2-9,11H,10H2,1H3,(H,26,28,31). The molecule has 9 heteroatoms. The van der Waals surface area contributed by atoms with Gasteiger partial charge in [0, 0.05) is 30.8 Å². The van der Waals surface area contributed by atoms with Crippen LogP contribution in [0.4, 0.5) is 10.1 Å². The molecule has 1 N–H and O–H groups in total. The number of hydrogen-bond donors (Lipinski definition) is 1. The van der Waals surface area contributed by atoms with E-state index >= 15 is 0 Å². The summed E-state index contributed by atoms with van der Waals surface area (Å²) in [6.07, 6.45) is 4.10. The summed E-state index contributed by atoms with van der Waals surface area (Å²) in [5, 5.41) is 3.16. The second-order valence-corrected chi connectivity index (χ2v) is 7.70. The van der Waals surface area contributed by atoms with Crippen molar-refractivity contribution in [2.45, 2.75) is 13.5 Å². The molecule has 0 atom stereocenters. The molecule has 0 saturated heterocycles. The molecule has 31 heavy (non-hydrogen) atoms. The quantitative estimate of drug-likeness (QED) is 0.476. The van der Waals surface area contributed by atoms with Crippen LogP contribution in [-0.2, 0) is 6.54 Å². The number of rotatable bonds is 4. The predicted octanol–water partition coefficient (Wildman–Crippen LogP) is 4.85. The van der Waals surface area contributed by atoms with E-state index in [1.165, 1.54) is 30.7 Å². The minimum Gasteiger partial charge on any atom is -0.327 e. The van der Waals surface area contributed by atoms with Crippen LogP contribution in [0.2, 0.25) is 10.0 Å². The van der Waals surface area contributed by atoms with Crippen LogP contribution in [0.1, 0.15) is 21.6 Å². The highest BCUT2D eigenvalue weighted by Gasteiger charge is 2.19. The van der Waals surface area contributed by atoms with E-state index in [0.717, 1.165) is 5.56 Å². The zero-order valence-electron chi connectivity index (χ0n) is 16.2. The van der Waals surface area contributed by atoms with Crippen molar-refractivity contribution in [2.75, 3.05) is 5.32 Å². The number of carbonyl (C=O) groups excluding carboxylic acids is 1. The van der Waals surface area contributed by atoms with Gasteiger partial charge in [-0.05, 0) is 36.8 Å². The number of hydrogen-bond acceptors (Lipinski definition) is 4. The molecule has 4 aromatic rings. The van der Waals surface area contributed by atoms with E-state index in [1.807, 2.05) is 0 Å². The average molecular weight is 457 g/mol. The fraction of sp³-hybridized carbons (Fsp3) is 0.0909. The third kappa shape index (κ3) is 4.28. The van der Waals surface area contributed by atoms with Gasteiger partial charge in [0.05, 0.1) is 21.1 Å². The first-order valence-corrected chi connectivity index (χ1v) is 9.94. The van der Waals surface area contributed by atoms with Gasteiger partial charge < -0.3 is 9.88 Å². The van der Waals surface area contributed by atoms with Crippen molar-refractivity contribution in [3.05, 3.63) is 97.9 Å². The van der Waals surface area contributed by atoms with Gasteiger partial charge in [-0.2, -0.15) is 0 Å². The molecule has 0 radical (unpaired) electrons. The smallest absolute Gasteiger partial charge is 0.261 e. The van der Waals surface area contributed by atoms with Gasteiger partial charge in [-0.15, -0.1) is 0 Å². The van der Waals surface area contributed by atoms with Crippen LogP contribution in [-0.4, -0.2) is 20.4 Å². The SMILES string of the molecule is Cc1ccc2c(=O)c(C(=O)Nc3c(Cl)cncc3Cl)cn(Cc3ccc(F)cc3)c2n1. The minimum atomic E-state index is -0.671. The Bertz CT molecular complexity index is 1350. The molecule has 0 aliphatic rings. The number of fused-ring (bicyclic) bond motifs is 1. The van der Waals surface area contributed by atoms with E-state index in [-0.39, 0.29) is 39.0 Å². The number of nitrogens with zero attached hydrogens (tertiary/aromatic N) is 3. The Hall–Kier alpha value is -3.29. The Morgan fingerprint density at radius 3 is 2.45 bits per heavy atom. The lowest BCUT2D eigenvalue weighted by Gasteiger charge is -2.14. The van der Waals surface area contributed by atoms with Crippen molar-refractivity contribution in [1.82, 2.24) is 14.5 Å². The van der Waals surface area contributed by atoms with E-state index in [4.69, 9.17) is 23.2 Å². The maximum Gasteiger partial charge on any atom is 0.261 e. The largest absolute Gasteiger partial charge is 0.327 e. The Labute approximate surface area is 186 Å². The molecule has 0 aliphatic heterocycles. The van der Waals surface area contributed by atoms with Crippen LogP contribution in [0.3, 0.4) is 0 Å². The Morgan fingerprint density at radius 1 is 1.10 bits per heavy atom. The van der Waals surface area contributed by atoms with Crippen LogP contribution >= 0.6 is 23.2 Å². The van der Waals surface area contributed by atoms with E-state index in [9.17, 15) is 14.0 Å². The highest BCUT2D eigenvalue weighted by atomic mass is 35.5. The molecule has 0 unspecified atom stereocenters. The molecule has 0 saturated carbocycles. The maximum absolute atomic E-state index is 13.3. The lowest BCUT2D eigenvalue weighted by Crippen LogP contribution is -2.25. The number of amides is 1. The molecule has 0 aliphatic carbocycles. The molecule has 0 spiro atoms. The van der Waals surface area contributed by atoms with Gasteiger partial charge in [0.15, 0.2) is 0 Å². The van der Waals surface area contributed by atoms with Crippen molar-refractivity contribution >= 4 is 45.8 Å². The number of anilines is 1. The molecule has 4 rings (SSSR count). The summed E-state index contributed by atoms with van der Waals surface area (Å²) in [6.45, 7) is 2.09. The first kappa shape index (κ1) is 21.0. The average Bonchev–Trinajstić information content (AvgIpc) is 2.74. The van der Waals surface area contributed by atoms with Crippen LogP contribution in [0.5, 0.6) is 0 Å². The number of aryl methyl sites for hydroxylation is 1. The molecule has 0 fully saturated rings. The van der Waals surface area contributed by atoms with Gasteiger partial charge in [-0.3, -0.25) is 14.6 Å². The van der Waals surface area contributed by atoms with Gasteiger partial charge in [-0.25, -0.2) is 9.37 Å². The molecule has 1 amide bonds. The predicted molar refractivity (Wildman–Crippen MR) is 118 cm³/mol. The van der Waals surface area contributed by atoms with E-state index < -0.39 is 11.3 Å². The molecule has 3 aromatic heterocycles. The summed E-state index contributed by atoms with van der Waals surface area (Å²) in [4.78, 5) is 34.3. The van der Waals surface area contributed by atoms with E-state index in [1.54, 1.807) is 35.8 Å². The first-order chi connectivity index (χ1) is 14.8. The topological polar surface area (TPSA) is 76.9 Å². The summed E-state index contributed by atoms with van der Waals surface area (Å²) < 4.78 is 15.0. The summed E-state index contributed by atoms with van der Waals surface area (Å²) in [7, 11) is 0. The fourth-order valence-electron chi connectivity index (χ4n) is 3.14. The summed E-state index contributed by atoms with van der Waals surface area (Å²) in [5.74, 6) is -1.02. The molecular formula is C22H15Cl2FN4O2. The lowest BCUT2D eigenvalue weighted by molar-refractivity contribution is 0.102. The number of benzene rings is 1. The second-order valence-electron chi connectivity index (χ2n) is 6.88. The van der Waals surface area contributed by atoms with Gasteiger partial charge in [0.25, 0.3) is 5.91 Å². The fourth-order valence-corrected chi connectivity index (χ4v) is 3.60. The normalized spacial score (nSPS) is 11.0. The molecule has 0 bridgehead atoms. The van der Waals surface area contributed by atoms with Gasteiger partial charge in [0.1, 0.15) is 17.0 Å². The van der Waals surface area contributed by atoms with Crippen LogP contribution in [0.15, 0.2) is 59.8 Å². The zero-order chi connectivity index (χ0) is 22.1. The number of nitrogens with one attached hydrogen (secondary N) is 1. The second kappa shape index (κ2) is 8.45.